The van der Waals surface area contributed by atoms with Gasteiger partial charge in [0.25, 0.3) is 11.8 Å². The molecular formula is C33H39F2N4O7P. The Morgan fingerprint density at radius 2 is 1.70 bits per heavy atom. The highest BCUT2D eigenvalue weighted by molar-refractivity contribution is 7.53. The van der Waals surface area contributed by atoms with E-state index in [1.807, 2.05) is 11.1 Å². The Balaban J connectivity index is 1.62. The molecule has 3 aromatic rings. The van der Waals surface area contributed by atoms with Crippen LogP contribution in [0, 0.1) is 11.6 Å². The molecule has 0 saturated heterocycles. The van der Waals surface area contributed by atoms with Gasteiger partial charge in [-0.25, -0.2) is 8.78 Å². The molecule has 2 amide bonds. The van der Waals surface area contributed by atoms with Crippen LogP contribution in [0.1, 0.15) is 71.5 Å². The zero-order chi connectivity index (χ0) is 33.8. The number of pyridine rings is 1. The summed E-state index contributed by atoms with van der Waals surface area (Å²) in [5.41, 5.74) is -1.39. The zero-order valence-corrected chi connectivity index (χ0v) is 27.6. The molecule has 1 aromatic heterocycles. The highest BCUT2D eigenvalue weighted by Gasteiger charge is 2.52. The second-order valence-corrected chi connectivity index (χ2v) is 13.6. The first-order valence-electron chi connectivity index (χ1n) is 15.7. The predicted octanol–water partition coefficient (Wildman–Crippen LogP) is 5.20. The minimum absolute atomic E-state index is 0.0179. The van der Waals surface area contributed by atoms with Crippen molar-refractivity contribution in [1.29, 1.82) is 0 Å². The summed E-state index contributed by atoms with van der Waals surface area (Å²) in [7, 11) is -1.88. The van der Waals surface area contributed by atoms with Gasteiger partial charge in [-0.3, -0.25) is 28.6 Å². The number of hydrogen-bond acceptors (Lipinski definition) is 8. The molecule has 5 rings (SSSR count). The molecule has 11 nitrogen and oxygen atoms in total. The van der Waals surface area contributed by atoms with Crippen LogP contribution in [0.4, 0.5) is 8.78 Å². The van der Waals surface area contributed by atoms with E-state index in [-0.39, 0.29) is 61.6 Å². The molecule has 47 heavy (non-hydrogen) atoms. The van der Waals surface area contributed by atoms with Crippen molar-refractivity contribution in [2.45, 2.75) is 58.3 Å². The Morgan fingerprint density at radius 1 is 1.02 bits per heavy atom. The molecule has 1 aliphatic heterocycles. The third-order valence-electron chi connectivity index (χ3n) is 8.59. The van der Waals surface area contributed by atoms with E-state index in [4.69, 9.17) is 13.8 Å². The van der Waals surface area contributed by atoms with Gasteiger partial charge in [0.05, 0.1) is 19.4 Å². The van der Waals surface area contributed by atoms with Crippen molar-refractivity contribution >= 4 is 19.4 Å². The van der Waals surface area contributed by atoms with Gasteiger partial charge < -0.3 is 24.0 Å². The van der Waals surface area contributed by atoms with Gasteiger partial charge in [-0.1, -0.05) is 36.4 Å². The second-order valence-electron chi connectivity index (χ2n) is 11.4. The lowest BCUT2D eigenvalue weighted by Crippen LogP contribution is -2.69. The molecule has 2 aromatic carbocycles. The molecule has 0 atom stereocenters. The number of carbonyl (C=O) groups excluding carboxylic acids is 2. The summed E-state index contributed by atoms with van der Waals surface area (Å²) in [6.45, 7) is 3.47. The Bertz CT molecular complexity index is 1720. The van der Waals surface area contributed by atoms with Crippen LogP contribution in [0.15, 0.2) is 59.5 Å². The summed E-state index contributed by atoms with van der Waals surface area (Å²) in [4.78, 5) is 43.3. The van der Waals surface area contributed by atoms with Crippen LogP contribution in [-0.2, 0) is 26.8 Å². The number of halogens is 2. The molecule has 2 aliphatic rings. The first kappa shape index (κ1) is 34.3. The summed E-state index contributed by atoms with van der Waals surface area (Å²) < 4.78 is 60.0. The van der Waals surface area contributed by atoms with Crippen LogP contribution in [-0.4, -0.2) is 60.0 Å². The van der Waals surface area contributed by atoms with Crippen LogP contribution in [0.5, 0.6) is 5.75 Å². The third kappa shape index (κ3) is 6.97. The fourth-order valence-corrected chi connectivity index (χ4v) is 7.83. The van der Waals surface area contributed by atoms with Crippen LogP contribution < -0.4 is 20.5 Å². The maximum Gasteiger partial charge on any atom is 0.332 e. The molecule has 2 heterocycles. The summed E-state index contributed by atoms with van der Waals surface area (Å²) in [5.74, 6) is -3.27. The Labute approximate surface area is 271 Å². The maximum atomic E-state index is 14.4. The lowest BCUT2D eigenvalue weighted by atomic mass is 10.0. The smallest absolute Gasteiger partial charge is 0.332 e. The summed E-state index contributed by atoms with van der Waals surface area (Å²) in [6, 6.07) is 12.0. The minimum Gasteiger partial charge on any atom is -0.482 e. The van der Waals surface area contributed by atoms with Gasteiger partial charge in [-0.2, -0.15) is 0 Å². The largest absolute Gasteiger partial charge is 0.482 e. The summed E-state index contributed by atoms with van der Waals surface area (Å²) in [5, 5.41) is 4.38. The molecule has 0 radical (unpaired) electrons. The highest BCUT2D eigenvalue weighted by atomic mass is 31.2. The van der Waals surface area contributed by atoms with E-state index >= 15 is 0 Å². The number of fused-ring (bicyclic) bond motifs is 1. The third-order valence-corrected chi connectivity index (χ3v) is 10.6. The number of ether oxygens (including phenoxy) is 1. The van der Waals surface area contributed by atoms with Gasteiger partial charge in [-0.05, 0) is 51.2 Å². The van der Waals surface area contributed by atoms with Crippen molar-refractivity contribution in [1.82, 2.24) is 14.9 Å². The maximum absolute atomic E-state index is 14.4. The van der Waals surface area contributed by atoms with E-state index in [9.17, 15) is 27.7 Å². The molecule has 0 bridgehead atoms. The SMILES string of the molecule is CCOP(=O)(CCN1n2cc(C(=O)NCc3ccc(F)cc3F)c(=O)c(OCc3ccccc3)c2C(=O)N(C)C12CCCC2)OCC. The van der Waals surface area contributed by atoms with E-state index in [1.165, 1.54) is 16.9 Å². The Kier molecular flexibility index (Phi) is 10.5. The van der Waals surface area contributed by atoms with Crippen molar-refractivity contribution in [2.75, 3.05) is 38.0 Å². The quantitative estimate of drug-likeness (QED) is 0.247. The highest BCUT2D eigenvalue weighted by Crippen LogP contribution is 2.49. The number of aromatic nitrogens is 1. The molecule has 1 N–H and O–H groups in total. The van der Waals surface area contributed by atoms with Crippen LogP contribution in [0.3, 0.4) is 0 Å². The molecule has 1 spiro atoms. The predicted molar refractivity (Wildman–Crippen MR) is 171 cm³/mol. The minimum atomic E-state index is -3.54. The lowest BCUT2D eigenvalue weighted by Gasteiger charge is -2.53. The van der Waals surface area contributed by atoms with E-state index in [1.54, 1.807) is 50.1 Å². The Hall–Kier alpha value is -4.06. The van der Waals surface area contributed by atoms with Crippen molar-refractivity contribution in [2.24, 2.45) is 0 Å². The van der Waals surface area contributed by atoms with Gasteiger partial charge in [0.2, 0.25) is 5.43 Å². The van der Waals surface area contributed by atoms with Gasteiger partial charge in [-0.15, -0.1) is 0 Å². The topological polar surface area (TPSA) is 119 Å². The number of carbonyl (C=O) groups is 2. The lowest BCUT2D eigenvalue weighted by molar-refractivity contribution is 0.0378. The first-order valence-corrected chi connectivity index (χ1v) is 17.4. The average Bonchev–Trinajstić information content (AvgIpc) is 3.54. The van der Waals surface area contributed by atoms with Crippen molar-refractivity contribution in [3.05, 3.63) is 99.0 Å². The molecule has 252 valence electrons. The number of benzene rings is 2. The molecular weight excluding hydrogens is 633 g/mol. The van der Waals surface area contributed by atoms with Gasteiger partial charge >= 0.3 is 7.60 Å². The van der Waals surface area contributed by atoms with Gasteiger partial charge in [0, 0.05) is 38.0 Å². The fraction of sp³-hybridized carbons (Fsp3) is 0.424. The average molecular weight is 673 g/mol. The standard InChI is InChI=1S/C33H39F2N4O7P/c1-4-45-47(43,46-5-2)18-17-39-33(15-9-10-16-33)37(3)32(42)28-30(44-22-23-11-7-6-8-12-23)29(40)26(21-38(28)39)31(41)36-20-24-13-14-25(34)19-27(24)35/h6-8,11-14,19,21H,4-5,9-10,15-18,20,22H2,1-3H3,(H,36,41). The van der Waals surface area contributed by atoms with Crippen molar-refractivity contribution in [3.63, 3.8) is 0 Å². The van der Waals surface area contributed by atoms with E-state index in [0.29, 0.717) is 18.9 Å². The monoisotopic (exact) mass is 672 g/mol. The van der Waals surface area contributed by atoms with Crippen molar-refractivity contribution in [3.8, 4) is 5.75 Å². The van der Waals surface area contributed by atoms with Crippen LogP contribution >= 0.6 is 7.60 Å². The number of hydrogen-bond donors (Lipinski definition) is 1. The van der Waals surface area contributed by atoms with Crippen LogP contribution in [0.25, 0.3) is 0 Å². The molecule has 1 saturated carbocycles. The molecule has 1 aliphatic carbocycles. The second kappa shape index (κ2) is 14.4. The molecule has 0 unspecified atom stereocenters. The summed E-state index contributed by atoms with van der Waals surface area (Å²) >= 11 is 0. The van der Waals surface area contributed by atoms with Gasteiger partial charge in [0.15, 0.2) is 11.4 Å². The van der Waals surface area contributed by atoms with Crippen LogP contribution in [0.2, 0.25) is 0 Å². The number of rotatable bonds is 13. The first-order chi connectivity index (χ1) is 22.5. The Morgan fingerprint density at radius 3 is 2.34 bits per heavy atom. The van der Waals surface area contributed by atoms with Gasteiger partial charge in [0.1, 0.15) is 29.5 Å². The summed E-state index contributed by atoms with van der Waals surface area (Å²) in [6.07, 6.45) is 4.04. The van der Waals surface area contributed by atoms with Crippen molar-refractivity contribution < 1.29 is 36.7 Å². The normalized spacial score (nSPS) is 15.6. The molecule has 14 heteroatoms. The van der Waals surface area contributed by atoms with E-state index in [0.717, 1.165) is 24.5 Å². The molecule has 1 fully saturated rings. The number of amides is 2. The number of nitrogens with zero attached hydrogens (tertiary/aromatic N) is 3. The van der Waals surface area contributed by atoms with E-state index < -0.39 is 42.1 Å². The van der Waals surface area contributed by atoms with E-state index in [2.05, 4.69) is 5.32 Å². The fourth-order valence-electron chi connectivity index (χ4n) is 6.28. The zero-order valence-electron chi connectivity index (χ0n) is 26.7. The number of nitrogens with one attached hydrogen (secondary N) is 1.